The SMILES string of the molecule is CCCC1CC1NCc1cccc(C(=O)O)n1. The first-order chi connectivity index (χ1) is 8.20. The molecule has 0 bridgehead atoms. The second kappa shape index (κ2) is 5.27. The first kappa shape index (κ1) is 12.0. The molecule has 0 saturated heterocycles. The van der Waals surface area contributed by atoms with Crippen molar-refractivity contribution in [2.75, 3.05) is 0 Å². The molecule has 1 fully saturated rings. The standard InChI is InChI=1S/C13H18N2O2/c1-2-4-9-7-12(9)14-8-10-5-3-6-11(15-10)13(16)17/h3,5-6,9,12,14H,2,4,7-8H2,1H3,(H,16,17). The molecule has 2 rings (SSSR count). The monoisotopic (exact) mass is 234 g/mol. The zero-order valence-electron chi connectivity index (χ0n) is 10.0. The van der Waals surface area contributed by atoms with Crippen LogP contribution in [0, 0.1) is 5.92 Å². The van der Waals surface area contributed by atoms with Crippen LogP contribution in [0.4, 0.5) is 0 Å². The molecule has 1 aromatic heterocycles. The van der Waals surface area contributed by atoms with E-state index in [-0.39, 0.29) is 5.69 Å². The van der Waals surface area contributed by atoms with E-state index in [4.69, 9.17) is 5.11 Å². The number of carboxylic acids is 1. The molecule has 1 aliphatic rings. The lowest BCUT2D eigenvalue weighted by Crippen LogP contribution is -2.19. The Morgan fingerprint density at radius 2 is 2.41 bits per heavy atom. The predicted octanol–water partition coefficient (Wildman–Crippen LogP) is 2.06. The van der Waals surface area contributed by atoms with Crippen molar-refractivity contribution in [3.8, 4) is 0 Å². The fourth-order valence-electron chi connectivity index (χ4n) is 2.12. The van der Waals surface area contributed by atoms with Crippen molar-refractivity contribution >= 4 is 5.97 Å². The summed E-state index contributed by atoms with van der Waals surface area (Å²) in [5.41, 5.74) is 0.914. The third-order valence-corrected chi connectivity index (χ3v) is 3.15. The summed E-state index contributed by atoms with van der Waals surface area (Å²) >= 11 is 0. The number of hydrogen-bond acceptors (Lipinski definition) is 3. The summed E-state index contributed by atoms with van der Waals surface area (Å²) in [6.07, 6.45) is 3.75. The van der Waals surface area contributed by atoms with Crippen LogP contribution in [0.25, 0.3) is 0 Å². The molecule has 0 aromatic carbocycles. The smallest absolute Gasteiger partial charge is 0.354 e. The lowest BCUT2D eigenvalue weighted by atomic mass is 10.2. The van der Waals surface area contributed by atoms with Gasteiger partial charge < -0.3 is 10.4 Å². The minimum absolute atomic E-state index is 0.116. The quantitative estimate of drug-likeness (QED) is 0.791. The molecule has 2 unspecified atom stereocenters. The first-order valence-corrected chi connectivity index (χ1v) is 6.13. The molecular weight excluding hydrogens is 216 g/mol. The second-order valence-corrected chi connectivity index (χ2v) is 4.59. The van der Waals surface area contributed by atoms with Crippen molar-refractivity contribution in [3.05, 3.63) is 29.6 Å². The predicted molar refractivity (Wildman–Crippen MR) is 64.8 cm³/mol. The maximum absolute atomic E-state index is 10.8. The maximum Gasteiger partial charge on any atom is 0.354 e. The summed E-state index contributed by atoms with van der Waals surface area (Å²) in [6.45, 7) is 2.86. The molecule has 2 N–H and O–H groups in total. The van der Waals surface area contributed by atoms with Crippen molar-refractivity contribution in [1.29, 1.82) is 0 Å². The Labute approximate surface area is 101 Å². The van der Waals surface area contributed by atoms with Crippen LogP contribution in [-0.2, 0) is 6.54 Å². The molecule has 0 amide bonds. The van der Waals surface area contributed by atoms with Gasteiger partial charge in [-0.3, -0.25) is 0 Å². The zero-order valence-corrected chi connectivity index (χ0v) is 10.0. The Hall–Kier alpha value is -1.42. The summed E-state index contributed by atoms with van der Waals surface area (Å²) in [5.74, 6) is -0.162. The average molecular weight is 234 g/mol. The van der Waals surface area contributed by atoms with Crippen LogP contribution in [0.1, 0.15) is 42.4 Å². The number of aromatic carboxylic acids is 1. The Bertz CT molecular complexity index is 406. The lowest BCUT2D eigenvalue weighted by Gasteiger charge is -2.04. The van der Waals surface area contributed by atoms with E-state index in [9.17, 15) is 4.79 Å². The Balaban J connectivity index is 1.83. The lowest BCUT2D eigenvalue weighted by molar-refractivity contribution is 0.0690. The molecule has 0 radical (unpaired) electrons. The number of aromatic nitrogens is 1. The molecule has 4 heteroatoms. The second-order valence-electron chi connectivity index (χ2n) is 4.59. The first-order valence-electron chi connectivity index (χ1n) is 6.13. The van der Waals surface area contributed by atoms with Gasteiger partial charge in [-0.1, -0.05) is 19.4 Å². The molecular formula is C13H18N2O2. The van der Waals surface area contributed by atoms with E-state index in [1.807, 2.05) is 6.07 Å². The van der Waals surface area contributed by atoms with Gasteiger partial charge in [0.1, 0.15) is 5.69 Å². The average Bonchev–Trinajstić information content (AvgIpc) is 3.06. The fourth-order valence-corrected chi connectivity index (χ4v) is 2.12. The van der Waals surface area contributed by atoms with E-state index in [1.54, 1.807) is 6.07 Å². The zero-order chi connectivity index (χ0) is 12.3. The summed E-state index contributed by atoms with van der Waals surface area (Å²) in [7, 11) is 0. The van der Waals surface area contributed by atoms with Gasteiger partial charge in [-0.05, 0) is 30.9 Å². The summed E-state index contributed by atoms with van der Waals surface area (Å²) in [5, 5.41) is 12.2. The molecule has 1 aromatic rings. The van der Waals surface area contributed by atoms with Crippen molar-refractivity contribution < 1.29 is 9.90 Å². The van der Waals surface area contributed by atoms with Crippen LogP contribution in [0.2, 0.25) is 0 Å². The van der Waals surface area contributed by atoms with Crippen LogP contribution in [-0.4, -0.2) is 22.1 Å². The minimum atomic E-state index is -0.970. The number of nitrogens with one attached hydrogen (secondary N) is 1. The van der Waals surface area contributed by atoms with Gasteiger partial charge in [0.15, 0.2) is 0 Å². The summed E-state index contributed by atoms with van der Waals surface area (Å²) < 4.78 is 0. The largest absolute Gasteiger partial charge is 0.477 e. The molecule has 4 nitrogen and oxygen atoms in total. The number of nitrogens with zero attached hydrogens (tertiary/aromatic N) is 1. The van der Waals surface area contributed by atoms with Gasteiger partial charge in [0, 0.05) is 12.6 Å². The molecule has 1 aliphatic carbocycles. The van der Waals surface area contributed by atoms with Crippen LogP contribution >= 0.6 is 0 Å². The number of carboxylic acid groups (broad SMARTS) is 1. The fraction of sp³-hybridized carbons (Fsp3) is 0.538. The Morgan fingerprint density at radius 1 is 1.59 bits per heavy atom. The number of rotatable bonds is 6. The molecule has 17 heavy (non-hydrogen) atoms. The van der Waals surface area contributed by atoms with E-state index in [2.05, 4.69) is 17.2 Å². The molecule has 1 saturated carbocycles. The topological polar surface area (TPSA) is 62.2 Å². The van der Waals surface area contributed by atoms with Gasteiger partial charge in [-0.2, -0.15) is 0 Å². The van der Waals surface area contributed by atoms with Gasteiger partial charge in [0.2, 0.25) is 0 Å². The van der Waals surface area contributed by atoms with E-state index in [0.29, 0.717) is 12.6 Å². The van der Waals surface area contributed by atoms with Gasteiger partial charge in [-0.25, -0.2) is 9.78 Å². The highest BCUT2D eigenvalue weighted by atomic mass is 16.4. The van der Waals surface area contributed by atoms with Crippen LogP contribution in [0.3, 0.4) is 0 Å². The molecule has 1 heterocycles. The van der Waals surface area contributed by atoms with Crippen LogP contribution in [0.5, 0.6) is 0 Å². The van der Waals surface area contributed by atoms with Crippen LogP contribution in [0.15, 0.2) is 18.2 Å². The molecule has 0 aliphatic heterocycles. The highest BCUT2D eigenvalue weighted by Crippen LogP contribution is 2.34. The highest BCUT2D eigenvalue weighted by molar-refractivity contribution is 5.85. The van der Waals surface area contributed by atoms with Gasteiger partial charge in [0.25, 0.3) is 0 Å². The molecule has 92 valence electrons. The van der Waals surface area contributed by atoms with Crippen molar-refractivity contribution in [2.24, 2.45) is 5.92 Å². The molecule has 0 spiro atoms. The van der Waals surface area contributed by atoms with Gasteiger partial charge >= 0.3 is 5.97 Å². The van der Waals surface area contributed by atoms with Crippen molar-refractivity contribution in [1.82, 2.24) is 10.3 Å². The van der Waals surface area contributed by atoms with E-state index < -0.39 is 5.97 Å². The summed E-state index contributed by atoms with van der Waals surface area (Å²) in [6, 6.07) is 5.72. The van der Waals surface area contributed by atoms with E-state index >= 15 is 0 Å². The Morgan fingerprint density at radius 3 is 3.12 bits per heavy atom. The Kier molecular flexibility index (Phi) is 3.74. The van der Waals surface area contributed by atoms with Gasteiger partial charge in [-0.15, -0.1) is 0 Å². The van der Waals surface area contributed by atoms with Crippen molar-refractivity contribution in [2.45, 2.75) is 38.8 Å². The normalized spacial score (nSPS) is 22.4. The number of carbonyl (C=O) groups is 1. The van der Waals surface area contributed by atoms with Gasteiger partial charge in [0.05, 0.1) is 5.69 Å². The number of hydrogen-bond donors (Lipinski definition) is 2. The summed E-state index contributed by atoms with van der Waals surface area (Å²) in [4.78, 5) is 14.8. The third-order valence-electron chi connectivity index (χ3n) is 3.15. The highest BCUT2D eigenvalue weighted by Gasteiger charge is 2.35. The molecule has 2 atom stereocenters. The third kappa shape index (κ3) is 3.27. The van der Waals surface area contributed by atoms with E-state index in [1.165, 1.54) is 25.3 Å². The minimum Gasteiger partial charge on any atom is -0.477 e. The number of pyridine rings is 1. The van der Waals surface area contributed by atoms with Crippen LogP contribution < -0.4 is 5.32 Å². The van der Waals surface area contributed by atoms with E-state index in [0.717, 1.165) is 11.6 Å². The van der Waals surface area contributed by atoms with Crippen molar-refractivity contribution in [3.63, 3.8) is 0 Å². The maximum atomic E-state index is 10.8.